The van der Waals surface area contributed by atoms with Crippen LogP contribution < -0.4 is 5.32 Å². The van der Waals surface area contributed by atoms with Crippen molar-refractivity contribution in [1.29, 1.82) is 0 Å². The van der Waals surface area contributed by atoms with E-state index in [2.05, 4.69) is 66.9 Å². The summed E-state index contributed by atoms with van der Waals surface area (Å²) in [4.78, 5) is 4.46. The van der Waals surface area contributed by atoms with Gasteiger partial charge < -0.3 is 14.8 Å². The van der Waals surface area contributed by atoms with E-state index in [-0.39, 0.29) is 23.1 Å². The molecule has 0 spiro atoms. The molecule has 1 aromatic carbocycles. The van der Waals surface area contributed by atoms with Crippen LogP contribution in [0.15, 0.2) is 23.7 Å². The first-order chi connectivity index (χ1) is 12.2. The number of benzene rings is 1. The Kier molecular flexibility index (Phi) is 7.61. The fourth-order valence-electron chi connectivity index (χ4n) is 2.78. The first kappa shape index (κ1) is 21.3. The zero-order valence-corrected chi connectivity index (χ0v) is 18.1. The lowest BCUT2D eigenvalue weighted by Crippen LogP contribution is -2.42. The van der Waals surface area contributed by atoms with E-state index in [0.29, 0.717) is 0 Å². The van der Waals surface area contributed by atoms with Crippen LogP contribution in [0.1, 0.15) is 39.3 Å². The summed E-state index contributed by atoms with van der Waals surface area (Å²) in [5, 5.41) is 3.53. The van der Waals surface area contributed by atoms with Gasteiger partial charge in [-0.05, 0) is 39.8 Å². The van der Waals surface area contributed by atoms with Crippen molar-refractivity contribution in [2.24, 2.45) is 0 Å². The van der Waals surface area contributed by atoms with Gasteiger partial charge in [0.1, 0.15) is 6.72 Å². The standard InChI is InChI=1S/C19H30N3O2S2/c1-13(18(23-6)24-7)20-11-16(22(5)26-19(2,3)4)14-8-9-17-15(10-14)21-12-25-17/h8-10,12-13,16,18,20H,5,11H2,1-4,6-7H3/q+1/t13-,16-/m1/s1. The van der Waals surface area contributed by atoms with Crippen LogP contribution in [-0.4, -0.2) is 53.5 Å². The summed E-state index contributed by atoms with van der Waals surface area (Å²) in [5.41, 5.74) is 4.12. The van der Waals surface area contributed by atoms with Crippen LogP contribution in [0.2, 0.25) is 0 Å². The molecule has 1 N–H and O–H groups in total. The second-order valence-electron chi connectivity index (χ2n) is 7.25. The van der Waals surface area contributed by atoms with Gasteiger partial charge in [0.25, 0.3) is 0 Å². The zero-order valence-electron chi connectivity index (χ0n) is 16.5. The number of methoxy groups -OCH3 is 2. The number of nitrogens with one attached hydrogen (secondary N) is 1. The molecule has 0 aliphatic carbocycles. The number of fused-ring (bicyclic) bond motifs is 1. The maximum Gasteiger partial charge on any atom is 0.203 e. The summed E-state index contributed by atoms with van der Waals surface area (Å²) < 4.78 is 14.1. The highest BCUT2D eigenvalue weighted by molar-refractivity contribution is 7.94. The van der Waals surface area contributed by atoms with Gasteiger partial charge in [-0.25, -0.2) is 4.98 Å². The van der Waals surface area contributed by atoms with Crippen LogP contribution in [0.25, 0.3) is 10.2 Å². The van der Waals surface area contributed by atoms with Crippen molar-refractivity contribution in [2.75, 3.05) is 20.8 Å². The van der Waals surface area contributed by atoms with Crippen LogP contribution >= 0.6 is 23.3 Å². The van der Waals surface area contributed by atoms with Crippen molar-refractivity contribution in [1.82, 2.24) is 10.3 Å². The Labute approximate surface area is 164 Å². The summed E-state index contributed by atoms with van der Waals surface area (Å²) in [6.07, 6.45) is -0.287. The van der Waals surface area contributed by atoms with Gasteiger partial charge in [-0.1, -0.05) is 6.07 Å². The molecule has 26 heavy (non-hydrogen) atoms. The highest BCUT2D eigenvalue weighted by atomic mass is 32.2. The van der Waals surface area contributed by atoms with E-state index in [1.54, 1.807) is 37.5 Å². The first-order valence-corrected chi connectivity index (χ1v) is 10.3. The Morgan fingerprint density at radius 1 is 1.31 bits per heavy atom. The number of nitrogens with zero attached hydrogens (tertiary/aromatic N) is 2. The molecule has 2 rings (SSSR count). The van der Waals surface area contributed by atoms with Crippen LogP contribution in [0.4, 0.5) is 0 Å². The Morgan fingerprint density at radius 2 is 2.00 bits per heavy atom. The van der Waals surface area contributed by atoms with Crippen LogP contribution in [-0.2, 0) is 9.47 Å². The zero-order chi connectivity index (χ0) is 19.3. The molecular formula is C19H30N3O2S2+. The molecule has 0 saturated heterocycles. The minimum absolute atomic E-state index is 0.0588. The third-order valence-electron chi connectivity index (χ3n) is 3.98. The highest BCUT2D eigenvalue weighted by Crippen LogP contribution is 2.32. The summed E-state index contributed by atoms with van der Waals surface area (Å²) in [6.45, 7) is 13.7. The summed E-state index contributed by atoms with van der Waals surface area (Å²) in [5.74, 6) is 0. The van der Waals surface area contributed by atoms with Gasteiger partial charge in [-0.3, -0.25) is 0 Å². The van der Waals surface area contributed by atoms with E-state index < -0.39 is 0 Å². The van der Waals surface area contributed by atoms with E-state index in [1.165, 1.54) is 10.3 Å². The summed E-state index contributed by atoms with van der Waals surface area (Å²) >= 11 is 3.40. The number of thiazole rings is 1. The highest BCUT2D eigenvalue weighted by Gasteiger charge is 2.30. The number of hydrogen-bond donors (Lipinski definition) is 1. The van der Waals surface area contributed by atoms with Gasteiger partial charge >= 0.3 is 0 Å². The smallest absolute Gasteiger partial charge is 0.203 e. The predicted molar refractivity (Wildman–Crippen MR) is 112 cm³/mol. The monoisotopic (exact) mass is 396 g/mol. The third-order valence-corrected chi connectivity index (χ3v) is 5.83. The minimum atomic E-state index is -0.287. The second-order valence-corrected chi connectivity index (χ2v) is 10.0. The van der Waals surface area contributed by atoms with Crippen molar-refractivity contribution in [3.05, 3.63) is 29.3 Å². The molecule has 0 fully saturated rings. The molecule has 0 saturated carbocycles. The normalized spacial score (nSPS) is 14.7. The molecule has 0 bridgehead atoms. The minimum Gasteiger partial charge on any atom is -0.354 e. The molecule has 1 heterocycles. The molecule has 2 aromatic rings. The molecule has 0 unspecified atom stereocenters. The average molecular weight is 397 g/mol. The number of ether oxygens (including phenoxy) is 2. The molecule has 0 radical (unpaired) electrons. The molecule has 5 nitrogen and oxygen atoms in total. The SMILES string of the molecule is C=[N+](SC(C)(C)C)[C@H](CN[C@H](C)C(OC)OC)c1ccc2scnc2c1. The molecular weight excluding hydrogens is 366 g/mol. The number of aromatic nitrogens is 1. The van der Waals surface area contributed by atoms with E-state index >= 15 is 0 Å². The fraction of sp³-hybridized carbons (Fsp3) is 0.579. The number of hydrogen-bond acceptors (Lipinski definition) is 6. The molecule has 144 valence electrons. The maximum atomic E-state index is 5.36. The Balaban J connectivity index is 2.22. The maximum absolute atomic E-state index is 5.36. The van der Waals surface area contributed by atoms with Crippen LogP contribution in [0.5, 0.6) is 0 Å². The van der Waals surface area contributed by atoms with Gasteiger partial charge in [-0.15, -0.1) is 11.3 Å². The lowest BCUT2D eigenvalue weighted by molar-refractivity contribution is -0.396. The first-order valence-electron chi connectivity index (χ1n) is 8.66. The molecule has 1 aromatic heterocycles. The quantitative estimate of drug-likeness (QED) is 0.299. The molecule has 0 amide bonds. The third kappa shape index (κ3) is 5.76. The molecule has 0 aliphatic heterocycles. The second kappa shape index (κ2) is 9.28. The average Bonchev–Trinajstić information content (AvgIpc) is 3.02. The van der Waals surface area contributed by atoms with E-state index in [9.17, 15) is 0 Å². The Morgan fingerprint density at radius 3 is 2.62 bits per heavy atom. The predicted octanol–water partition coefficient (Wildman–Crippen LogP) is 4.09. The van der Waals surface area contributed by atoms with Gasteiger partial charge in [-0.2, -0.15) is 3.98 Å². The fourth-order valence-corrected chi connectivity index (χ4v) is 4.47. The molecule has 2 atom stereocenters. The van der Waals surface area contributed by atoms with Crippen molar-refractivity contribution in [3.63, 3.8) is 0 Å². The van der Waals surface area contributed by atoms with Gasteiger partial charge in [0, 0.05) is 19.8 Å². The van der Waals surface area contributed by atoms with Gasteiger partial charge in [0.15, 0.2) is 18.2 Å². The summed E-state index contributed by atoms with van der Waals surface area (Å²) in [7, 11) is 3.31. The van der Waals surface area contributed by atoms with Crippen LogP contribution in [0.3, 0.4) is 0 Å². The van der Waals surface area contributed by atoms with E-state index in [4.69, 9.17) is 9.47 Å². The van der Waals surface area contributed by atoms with Gasteiger partial charge in [0.05, 0.1) is 33.1 Å². The van der Waals surface area contributed by atoms with Crippen molar-refractivity contribution in [3.8, 4) is 0 Å². The molecule has 0 aliphatic rings. The topological polar surface area (TPSA) is 46.4 Å². The Hall–Kier alpha value is -0.990. The lowest BCUT2D eigenvalue weighted by Gasteiger charge is -2.25. The largest absolute Gasteiger partial charge is 0.354 e. The summed E-state index contributed by atoms with van der Waals surface area (Å²) in [6, 6.07) is 6.63. The van der Waals surface area contributed by atoms with Crippen molar-refractivity contribution in [2.45, 2.75) is 50.8 Å². The van der Waals surface area contributed by atoms with Crippen molar-refractivity contribution < 1.29 is 13.5 Å². The lowest BCUT2D eigenvalue weighted by atomic mass is 10.1. The number of rotatable bonds is 9. The van der Waals surface area contributed by atoms with Crippen LogP contribution in [0, 0.1) is 0 Å². The van der Waals surface area contributed by atoms with E-state index in [1.807, 2.05) is 5.51 Å². The Bertz CT molecular complexity index is 723. The van der Waals surface area contributed by atoms with E-state index in [0.717, 1.165) is 12.1 Å². The molecule has 7 heteroatoms. The van der Waals surface area contributed by atoms with Gasteiger partial charge in [0.2, 0.25) is 6.04 Å². The van der Waals surface area contributed by atoms with Crippen molar-refractivity contribution >= 4 is 40.2 Å².